The molecule has 1 fully saturated rings. The van der Waals surface area contributed by atoms with Crippen LogP contribution in [-0.2, 0) is 22.4 Å². The summed E-state index contributed by atoms with van der Waals surface area (Å²) >= 11 is 1.60. The van der Waals surface area contributed by atoms with Crippen LogP contribution >= 0.6 is 11.3 Å². The quantitative estimate of drug-likeness (QED) is 0.692. The number of carbonyl (C=O) groups excluding carboxylic acids is 2. The Bertz CT molecular complexity index is 775. The fraction of sp³-hybridized carbons (Fsp3) is 0.500. The molecule has 5 nitrogen and oxygen atoms in total. The number of unbranched alkanes of at least 4 members (excludes halogenated alkanes) is 1. The lowest BCUT2D eigenvalue weighted by Crippen LogP contribution is -2.46. The second kappa shape index (κ2) is 10.4. The minimum atomic E-state index is -0.0846. The lowest BCUT2D eigenvalue weighted by Gasteiger charge is -2.32. The van der Waals surface area contributed by atoms with Gasteiger partial charge in [0.15, 0.2) is 0 Å². The number of carbonyl (C=O) groups is 2. The Morgan fingerprint density at radius 1 is 1.29 bits per heavy atom. The summed E-state index contributed by atoms with van der Waals surface area (Å²) in [7, 11) is 0. The Morgan fingerprint density at radius 3 is 2.89 bits per heavy atom. The van der Waals surface area contributed by atoms with E-state index in [1.807, 2.05) is 28.5 Å². The maximum Gasteiger partial charge on any atom is 0.228 e. The number of nitrogens with zero attached hydrogens (tertiary/aromatic N) is 2. The molecular formula is C22H29N3O2S. The van der Waals surface area contributed by atoms with Crippen LogP contribution in [0.15, 0.2) is 35.7 Å². The van der Waals surface area contributed by atoms with Crippen molar-refractivity contribution in [3.05, 3.63) is 52.0 Å². The topological polar surface area (TPSA) is 62.3 Å². The van der Waals surface area contributed by atoms with Gasteiger partial charge in [0.2, 0.25) is 11.8 Å². The number of likely N-dealkylation sites (tertiary alicyclic amines) is 1. The van der Waals surface area contributed by atoms with Gasteiger partial charge < -0.3 is 10.2 Å². The van der Waals surface area contributed by atoms with Crippen LogP contribution in [0.1, 0.15) is 48.9 Å². The van der Waals surface area contributed by atoms with E-state index >= 15 is 0 Å². The van der Waals surface area contributed by atoms with Crippen molar-refractivity contribution in [3.63, 3.8) is 0 Å². The van der Waals surface area contributed by atoms with Crippen LogP contribution in [0.5, 0.6) is 0 Å². The molecule has 0 saturated carbocycles. The normalized spacial score (nSPS) is 16.8. The minimum absolute atomic E-state index is 0.0719. The maximum absolute atomic E-state index is 12.7. The van der Waals surface area contributed by atoms with E-state index in [4.69, 9.17) is 0 Å². The Kier molecular flexibility index (Phi) is 7.60. The molecule has 1 aliphatic rings. The molecule has 150 valence electrons. The van der Waals surface area contributed by atoms with E-state index in [0.717, 1.165) is 55.9 Å². The molecule has 6 heteroatoms. The Morgan fingerprint density at radius 2 is 2.11 bits per heavy atom. The molecular weight excluding hydrogens is 370 g/mol. The van der Waals surface area contributed by atoms with Crippen LogP contribution < -0.4 is 5.32 Å². The fourth-order valence-corrected chi connectivity index (χ4v) is 4.33. The summed E-state index contributed by atoms with van der Waals surface area (Å²) in [6.07, 6.45) is 4.91. The second-order valence-corrected chi connectivity index (χ2v) is 8.34. The van der Waals surface area contributed by atoms with Gasteiger partial charge in [-0.05, 0) is 24.8 Å². The highest BCUT2D eigenvalue weighted by Gasteiger charge is 2.28. The average molecular weight is 400 g/mol. The molecule has 1 aromatic heterocycles. The van der Waals surface area contributed by atoms with E-state index in [1.54, 1.807) is 11.3 Å². The molecule has 3 rings (SSSR count). The first-order valence-corrected chi connectivity index (χ1v) is 11.1. The van der Waals surface area contributed by atoms with Gasteiger partial charge in [0.05, 0.1) is 23.0 Å². The van der Waals surface area contributed by atoms with E-state index in [9.17, 15) is 9.59 Å². The van der Waals surface area contributed by atoms with Crippen molar-refractivity contribution in [2.24, 2.45) is 5.92 Å². The molecule has 2 heterocycles. The summed E-state index contributed by atoms with van der Waals surface area (Å²) in [5, 5.41) is 6.01. The van der Waals surface area contributed by atoms with E-state index in [1.165, 1.54) is 5.56 Å². The first-order chi connectivity index (χ1) is 13.7. The largest absolute Gasteiger partial charge is 0.356 e. The summed E-state index contributed by atoms with van der Waals surface area (Å²) < 4.78 is 0. The van der Waals surface area contributed by atoms with Crippen molar-refractivity contribution in [2.45, 2.75) is 45.4 Å². The number of amides is 2. The maximum atomic E-state index is 12.7. The molecule has 0 aliphatic carbocycles. The van der Waals surface area contributed by atoms with E-state index in [-0.39, 0.29) is 17.7 Å². The van der Waals surface area contributed by atoms with Crippen LogP contribution in [0.25, 0.3) is 0 Å². The number of aromatic nitrogens is 1. The van der Waals surface area contributed by atoms with Crippen molar-refractivity contribution in [1.82, 2.24) is 15.2 Å². The lowest BCUT2D eigenvalue weighted by atomic mass is 9.96. The summed E-state index contributed by atoms with van der Waals surface area (Å²) in [5.74, 6) is 0.0750. The highest BCUT2D eigenvalue weighted by molar-refractivity contribution is 7.09. The fourth-order valence-electron chi connectivity index (χ4n) is 3.50. The van der Waals surface area contributed by atoms with Gasteiger partial charge in [0, 0.05) is 31.4 Å². The van der Waals surface area contributed by atoms with Gasteiger partial charge in [-0.25, -0.2) is 4.98 Å². The summed E-state index contributed by atoms with van der Waals surface area (Å²) in [6, 6.07) is 10.2. The molecule has 2 amide bonds. The van der Waals surface area contributed by atoms with Gasteiger partial charge in [-0.2, -0.15) is 0 Å². The summed E-state index contributed by atoms with van der Waals surface area (Å²) in [5.41, 5.74) is 2.05. The highest BCUT2D eigenvalue weighted by Crippen LogP contribution is 2.19. The SMILES string of the molecule is CCCCNC(=O)C1CCCN(C(=O)Cc2csc(Cc3ccccc3)n2)C1. The van der Waals surface area contributed by atoms with Crippen LogP contribution in [0.4, 0.5) is 0 Å². The van der Waals surface area contributed by atoms with E-state index < -0.39 is 0 Å². The van der Waals surface area contributed by atoms with E-state index in [0.29, 0.717) is 13.0 Å². The zero-order valence-electron chi connectivity index (χ0n) is 16.5. The number of rotatable bonds is 8. The third-order valence-corrected chi connectivity index (χ3v) is 6.00. The number of nitrogens with one attached hydrogen (secondary N) is 1. The third kappa shape index (κ3) is 5.89. The Hall–Kier alpha value is -2.21. The number of hydrogen-bond acceptors (Lipinski definition) is 4. The van der Waals surface area contributed by atoms with Crippen molar-refractivity contribution >= 4 is 23.2 Å². The molecule has 0 radical (unpaired) electrons. The molecule has 1 saturated heterocycles. The smallest absolute Gasteiger partial charge is 0.228 e. The third-order valence-electron chi connectivity index (χ3n) is 5.10. The Balaban J connectivity index is 1.51. The van der Waals surface area contributed by atoms with E-state index in [2.05, 4.69) is 29.4 Å². The summed E-state index contributed by atoms with van der Waals surface area (Å²) in [4.78, 5) is 31.5. The molecule has 2 aromatic rings. The number of thiazole rings is 1. The predicted octanol–water partition coefficient (Wildman–Crippen LogP) is 3.43. The summed E-state index contributed by atoms with van der Waals surface area (Å²) in [6.45, 7) is 4.09. The van der Waals surface area contributed by atoms with Crippen molar-refractivity contribution in [3.8, 4) is 0 Å². The monoisotopic (exact) mass is 399 g/mol. The minimum Gasteiger partial charge on any atom is -0.356 e. The van der Waals surface area contributed by atoms with Crippen LogP contribution in [-0.4, -0.2) is 41.3 Å². The Labute approximate surface area is 171 Å². The lowest BCUT2D eigenvalue weighted by molar-refractivity contribution is -0.135. The van der Waals surface area contributed by atoms with Gasteiger partial charge in [-0.15, -0.1) is 11.3 Å². The number of hydrogen-bond donors (Lipinski definition) is 1. The molecule has 28 heavy (non-hydrogen) atoms. The van der Waals surface area contributed by atoms with Crippen molar-refractivity contribution in [2.75, 3.05) is 19.6 Å². The van der Waals surface area contributed by atoms with Crippen LogP contribution in [0.3, 0.4) is 0 Å². The first-order valence-electron chi connectivity index (χ1n) is 10.2. The average Bonchev–Trinajstić information content (AvgIpc) is 3.15. The zero-order valence-corrected chi connectivity index (χ0v) is 17.3. The molecule has 1 N–H and O–H groups in total. The van der Waals surface area contributed by atoms with Gasteiger partial charge in [0.1, 0.15) is 0 Å². The van der Waals surface area contributed by atoms with Crippen molar-refractivity contribution in [1.29, 1.82) is 0 Å². The van der Waals surface area contributed by atoms with Crippen LogP contribution in [0.2, 0.25) is 0 Å². The van der Waals surface area contributed by atoms with Gasteiger partial charge in [-0.3, -0.25) is 9.59 Å². The molecule has 1 unspecified atom stereocenters. The molecule has 1 atom stereocenters. The molecule has 1 aliphatic heterocycles. The van der Waals surface area contributed by atoms with Gasteiger partial charge in [0.25, 0.3) is 0 Å². The number of benzene rings is 1. The zero-order chi connectivity index (χ0) is 19.8. The predicted molar refractivity (Wildman–Crippen MR) is 112 cm³/mol. The van der Waals surface area contributed by atoms with Crippen molar-refractivity contribution < 1.29 is 9.59 Å². The van der Waals surface area contributed by atoms with Gasteiger partial charge in [-0.1, -0.05) is 43.7 Å². The second-order valence-electron chi connectivity index (χ2n) is 7.40. The van der Waals surface area contributed by atoms with Gasteiger partial charge >= 0.3 is 0 Å². The standard InChI is InChI=1S/C22H29N3O2S/c1-2-3-11-23-22(27)18-10-7-12-25(15-18)21(26)14-19-16-28-20(24-19)13-17-8-5-4-6-9-17/h4-6,8-9,16,18H,2-3,7,10-15H2,1H3,(H,23,27). The molecule has 1 aromatic carbocycles. The molecule has 0 bridgehead atoms. The highest BCUT2D eigenvalue weighted by atomic mass is 32.1. The first kappa shape index (κ1) is 20.5. The number of piperidine rings is 1. The van der Waals surface area contributed by atoms with Crippen LogP contribution in [0, 0.1) is 5.92 Å². The molecule has 0 spiro atoms.